The second-order valence-electron chi connectivity index (χ2n) is 2.51. The lowest BCUT2D eigenvalue weighted by Crippen LogP contribution is -1.73. The summed E-state index contributed by atoms with van der Waals surface area (Å²) in [6, 6.07) is 4.23. The zero-order valence-corrected chi connectivity index (χ0v) is 9.99. The van der Waals surface area contributed by atoms with Crippen LogP contribution in [0.4, 0.5) is 0 Å². The van der Waals surface area contributed by atoms with Crippen LogP contribution in [-0.4, -0.2) is 12.5 Å². The Balaban J connectivity index is 2.90. The molecule has 74 valence electrons. The number of thiophene rings is 1. The summed E-state index contributed by atoms with van der Waals surface area (Å²) in [7, 11) is 0. The first-order valence-corrected chi connectivity index (χ1v) is 6.31. The Labute approximate surface area is 93.3 Å². The van der Waals surface area contributed by atoms with Crippen LogP contribution in [0.3, 0.4) is 0 Å². The summed E-state index contributed by atoms with van der Waals surface area (Å²) >= 11 is 3.52. The van der Waals surface area contributed by atoms with Crippen molar-refractivity contribution in [2.24, 2.45) is 4.99 Å². The monoisotopic (exact) mass is 223 g/mol. The Bertz CT molecular complexity index is 361. The lowest BCUT2D eigenvalue weighted by atomic mass is 10.3. The highest BCUT2D eigenvalue weighted by Gasteiger charge is 2.02. The molecule has 1 heterocycles. The number of nitrogens with zero attached hydrogens (tertiary/aromatic N) is 1. The van der Waals surface area contributed by atoms with Crippen molar-refractivity contribution in [1.82, 2.24) is 0 Å². The minimum atomic E-state index is 1.01. The molecule has 1 rings (SSSR count). The maximum absolute atomic E-state index is 4.30. The van der Waals surface area contributed by atoms with E-state index in [1.54, 1.807) is 35.4 Å². The molecule has 0 aliphatic carbocycles. The van der Waals surface area contributed by atoms with Gasteiger partial charge in [-0.15, -0.1) is 23.1 Å². The molecule has 0 atom stereocenters. The molecule has 0 bridgehead atoms. The first-order chi connectivity index (χ1) is 6.81. The Hall–Kier alpha value is -0.800. The zero-order chi connectivity index (χ0) is 10.4. The van der Waals surface area contributed by atoms with E-state index in [1.807, 2.05) is 13.0 Å². The van der Waals surface area contributed by atoms with E-state index in [2.05, 4.69) is 30.0 Å². The maximum Gasteiger partial charge on any atom is 0.0759 e. The quantitative estimate of drug-likeness (QED) is 0.553. The van der Waals surface area contributed by atoms with Crippen LogP contribution >= 0.6 is 23.1 Å². The molecule has 0 aliphatic heterocycles. The van der Waals surface area contributed by atoms with Gasteiger partial charge in [0.2, 0.25) is 0 Å². The molecular weight excluding hydrogens is 210 g/mol. The van der Waals surface area contributed by atoms with Gasteiger partial charge >= 0.3 is 0 Å². The van der Waals surface area contributed by atoms with E-state index < -0.39 is 0 Å². The highest BCUT2D eigenvalue weighted by molar-refractivity contribution is 8.00. The summed E-state index contributed by atoms with van der Waals surface area (Å²) in [5.74, 6) is 0. The molecular formula is C11H13NS2. The van der Waals surface area contributed by atoms with Crippen molar-refractivity contribution in [3.63, 3.8) is 0 Å². The van der Waals surface area contributed by atoms with E-state index >= 15 is 0 Å². The average Bonchev–Trinajstić information content (AvgIpc) is 2.68. The summed E-state index contributed by atoms with van der Waals surface area (Å²) in [5, 5.41) is 0. The van der Waals surface area contributed by atoms with Crippen LogP contribution in [0.1, 0.15) is 11.8 Å². The van der Waals surface area contributed by atoms with E-state index in [4.69, 9.17) is 0 Å². The molecule has 0 unspecified atom stereocenters. The highest BCUT2D eigenvalue weighted by Crippen LogP contribution is 2.30. The van der Waals surface area contributed by atoms with Crippen molar-refractivity contribution in [2.75, 3.05) is 6.26 Å². The zero-order valence-electron chi connectivity index (χ0n) is 8.36. The molecule has 0 N–H and O–H groups in total. The first-order valence-electron chi connectivity index (χ1n) is 4.27. The fourth-order valence-electron chi connectivity index (χ4n) is 0.981. The third kappa shape index (κ3) is 2.86. The maximum atomic E-state index is 4.30. The van der Waals surface area contributed by atoms with E-state index in [9.17, 15) is 0 Å². The van der Waals surface area contributed by atoms with Gasteiger partial charge in [0.05, 0.1) is 14.8 Å². The van der Waals surface area contributed by atoms with Gasteiger partial charge in [0.15, 0.2) is 0 Å². The standard InChI is InChI=1S/C11H13NS2/c1-4-8-12-9(5-2)10-6-7-11(13-3)14-10/h4-8H,1H2,2-3H3/b9-5-,12-8?. The minimum Gasteiger partial charge on any atom is -0.256 e. The summed E-state index contributed by atoms with van der Waals surface area (Å²) in [6.07, 6.45) is 7.49. The van der Waals surface area contributed by atoms with Crippen LogP contribution in [-0.2, 0) is 0 Å². The third-order valence-corrected chi connectivity index (χ3v) is 3.82. The van der Waals surface area contributed by atoms with Crippen LogP contribution in [0, 0.1) is 0 Å². The molecule has 0 spiro atoms. The number of thioether (sulfide) groups is 1. The van der Waals surface area contributed by atoms with Gasteiger partial charge < -0.3 is 0 Å². The Morgan fingerprint density at radius 1 is 1.57 bits per heavy atom. The van der Waals surface area contributed by atoms with Gasteiger partial charge in [-0.25, -0.2) is 0 Å². The van der Waals surface area contributed by atoms with Crippen molar-refractivity contribution >= 4 is 35.0 Å². The molecule has 1 aromatic rings. The normalized spacial score (nSPS) is 12.3. The summed E-state index contributed by atoms with van der Waals surface area (Å²) in [4.78, 5) is 5.50. The molecule has 0 saturated carbocycles. The molecule has 3 heteroatoms. The molecule has 0 aliphatic rings. The Morgan fingerprint density at radius 2 is 2.36 bits per heavy atom. The van der Waals surface area contributed by atoms with Gasteiger partial charge in [0.25, 0.3) is 0 Å². The number of hydrogen-bond donors (Lipinski definition) is 0. The second-order valence-corrected chi connectivity index (χ2v) is 4.70. The number of allylic oxidation sites excluding steroid dienone is 2. The summed E-state index contributed by atoms with van der Waals surface area (Å²) < 4.78 is 1.31. The molecule has 0 radical (unpaired) electrons. The summed E-state index contributed by atoms with van der Waals surface area (Å²) in [5.41, 5.74) is 1.01. The van der Waals surface area contributed by atoms with Crippen molar-refractivity contribution < 1.29 is 0 Å². The highest BCUT2D eigenvalue weighted by atomic mass is 32.2. The van der Waals surface area contributed by atoms with Crippen LogP contribution in [0.25, 0.3) is 5.70 Å². The largest absolute Gasteiger partial charge is 0.256 e. The predicted molar refractivity (Wildman–Crippen MR) is 68.4 cm³/mol. The summed E-state index contributed by atoms with van der Waals surface area (Å²) in [6.45, 7) is 5.60. The molecule has 0 saturated heterocycles. The lowest BCUT2D eigenvalue weighted by molar-refractivity contribution is 1.56. The van der Waals surface area contributed by atoms with Crippen molar-refractivity contribution in [3.8, 4) is 0 Å². The van der Waals surface area contributed by atoms with Gasteiger partial charge in [-0.1, -0.05) is 18.7 Å². The van der Waals surface area contributed by atoms with Crippen LogP contribution in [0.2, 0.25) is 0 Å². The number of hydrogen-bond acceptors (Lipinski definition) is 3. The SMILES string of the molecule is C=CC=N/C(=C\C)c1ccc(SC)s1. The van der Waals surface area contributed by atoms with Crippen molar-refractivity contribution in [1.29, 1.82) is 0 Å². The second kappa shape index (κ2) is 5.83. The Kier molecular flexibility index (Phi) is 4.70. The third-order valence-electron chi connectivity index (χ3n) is 1.63. The van der Waals surface area contributed by atoms with Crippen LogP contribution in [0.15, 0.2) is 40.1 Å². The topological polar surface area (TPSA) is 12.4 Å². The van der Waals surface area contributed by atoms with E-state index in [-0.39, 0.29) is 0 Å². The van der Waals surface area contributed by atoms with E-state index in [0.29, 0.717) is 0 Å². The predicted octanol–water partition coefficient (Wildman–Crippen LogP) is 4.09. The van der Waals surface area contributed by atoms with Gasteiger partial charge in [0.1, 0.15) is 0 Å². The van der Waals surface area contributed by atoms with Gasteiger partial charge in [-0.2, -0.15) is 0 Å². The molecule has 0 fully saturated rings. The van der Waals surface area contributed by atoms with Gasteiger partial charge in [-0.05, 0) is 25.3 Å². The van der Waals surface area contributed by atoms with Crippen molar-refractivity contribution in [3.05, 3.63) is 35.7 Å². The van der Waals surface area contributed by atoms with Crippen molar-refractivity contribution in [2.45, 2.75) is 11.1 Å². The first kappa shape index (κ1) is 11.3. The van der Waals surface area contributed by atoms with Gasteiger partial charge in [0, 0.05) is 6.21 Å². The molecule has 14 heavy (non-hydrogen) atoms. The average molecular weight is 223 g/mol. The number of aliphatic imine (C=N–C) groups is 1. The fraction of sp³-hybridized carbons (Fsp3) is 0.182. The molecule has 0 aromatic carbocycles. The van der Waals surface area contributed by atoms with Gasteiger partial charge in [-0.3, -0.25) is 4.99 Å². The lowest BCUT2D eigenvalue weighted by Gasteiger charge is -1.94. The van der Waals surface area contributed by atoms with E-state index in [0.717, 1.165) is 5.70 Å². The molecule has 1 aromatic heterocycles. The van der Waals surface area contributed by atoms with Crippen LogP contribution in [0.5, 0.6) is 0 Å². The fourth-order valence-corrected chi connectivity index (χ4v) is 2.55. The number of rotatable bonds is 4. The molecule has 0 amide bonds. The minimum absolute atomic E-state index is 1.01. The molecule has 1 nitrogen and oxygen atoms in total. The van der Waals surface area contributed by atoms with E-state index in [1.165, 1.54) is 9.09 Å². The Morgan fingerprint density at radius 3 is 2.86 bits per heavy atom. The van der Waals surface area contributed by atoms with Crippen LogP contribution < -0.4 is 0 Å². The smallest absolute Gasteiger partial charge is 0.0759 e.